The van der Waals surface area contributed by atoms with E-state index < -0.39 is 0 Å². The van der Waals surface area contributed by atoms with Crippen molar-refractivity contribution >= 4 is 0 Å². The van der Waals surface area contributed by atoms with E-state index in [0.717, 1.165) is 29.9 Å². The Hall–Kier alpha value is -1.18. The van der Waals surface area contributed by atoms with Crippen LogP contribution in [0.25, 0.3) is 0 Å². The van der Waals surface area contributed by atoms with E-state index in [9.17, 15) is 10.2 Å². The SMILES string of the molecule is CCCCCCC(C)(C)c1cc(O)c([C@H]2CC(C)C3C[C@@H]2C3(C)C)c(O)c1. The third kappa shape index (κ3) is 3.61. The molecule has 4 rings (SSSR count). The van der Waals surface area contributed by atoms with Gasteiger partial charge in [-0.2, -0.15) is 0 Å². The van der Waals surface area contributed by atoms with Gasteiger partial charge < -0.3 is 10.2 Å². The second-order valence-electron chi connectivity index (χ2n) is 10.7. The first-order chi connectivity index (χ1) is 12.6. The number of fused-ring (bicyclic) bond motifs is 2. The minimum atomic E-state index is -0.0259. The molecular weight excluding hydrogens is 332 g/mol. The number of phenolic OH excluding ortho intramolecular Hbond substituents is 2. The fourth-order valence-electron chi connectivity index (χ4n) is 6.22. The van der Waals surface area contributed by atoms with Crippen molar-refractivity contribution in [3.05, 3.63) is 23.3 Å². The van der Waals surface area contributed by atoms with Gasteiger partial charge in [0, 0.05) is 5.56 Å². The molecule has 2 bridgehead atoms. The molecule has 1 aromatic rings. The van der Waals surface area contributed by atoms with Crippen LogP contribution in [0.5, 0.6) is 11.5 Å². The van der Waals surface area contributed by atoms with E-state index in [2.05, 4.69) is 41.5 Å². The van der Waals surface area contributed by atoms with Crippen LogP contribution in [0.15, 0.2) is 12.1 Å². The second-order valence-corrected chi connectivity index (χ2v) is 10.7. The van der Waals surface area contributed by atoms with Gasteiger partial charge in [-0.25, -0.2) is 0 Å². The van der Waals surface area contributed by atoms with Gasteiger partial charge in [0.2, 0.25) is 0 Å². The summed E-state index contributed by atoms with van der Waals surface area (Å²) >= 11 is 0. The summed E-state index contributed by atoms with van der Waals surface area (Å²) in [6.07, 6.45) is 8.39. The number of rotatable bonds is 7. The molecule has 3 saturated carbocycles. The number of phenols is 2. The lowest BCUT2D eigenvalue weighted by Crippen LogP contribution is -2.55. The van der Waals surface area contributed by atoms with Gasteiger partial charge in [-0.3, -0.25) is 0 Å². The van der Waals surface area contributed by atoms with Crippen LogP contribution in [0, 0.1) is 23.2 Å². The molecular formula is C25H40O2. The summed E-state index contributed by atoms with van der Waals surface area (Å²) in [6.45, 7) is 13.8. The Balaban J connectivity index is 1.83. The predicted molar refractivity (Wildman–Crippen MR) is 113 cm³/mol. The summed E-state index contributed by atoms with van der Waals surface area (Å²) in [7, 11) is 0. The van der Waals surface area contributed by atoms with E-state index in [1.807, 2.05) is 12.1 Å². The van der Waals surface area contributed by atoms with Crippen molar-refractivity contribution in [1.29, 1.82) is 0 Å². The van der Waals surface area contributed by atoms with E-state index in [-0.39, 0.29) is 11.3 Å². The monoisotopic (exact) mass is 372 g/mol. The lowest BCUT2D eigenvalue weighted by molar-refractivity contribution is -0.114. The molecule has 2 heteroatoms. The van der Waals surface area contributed by atoms with Crippen molar-refractivity contribution < 1.29 is 10.2 Å². The normalized spacial score (nSPS) is 29.4. The lowest BCUT2D eigenvalue weighted by atomic mass is 9.42. The molecule has 2 nitrogen and oxygen atoms in total. The maximum absolute atomic E-state index is 10.9. The smallest absolute Gasteiger partial charge is 0.123 e. The van der Waals surface area contributed by atoms with Crippen LogP contribution >= 0.6 is 0 Å². The zero-order valence-corrected chi connectivity index (χ0v) is 18.3. The van der Waals surface area contributed by atoms with Crippen LogP contribution in [0.4, 0.5) is 0 Å². The molecule has 0 saturated heterocycles. The Bertz CT molecular complexity index is 650. The van der Waals surface area contributed by atoms with Crippen molar-refractivity contribution in [1.82, 2.24) is 0 Å². The Morgan fingerprint density at radius 1 is 1.00 bits per heavy atom. The van der Waals surface area contributed by atoms with Gasteiger partial charge in [0.25, 0.3) is 0 Å². The Morgan fingerprint density at radius 2 is 1.63 bits per heavy atom. The van der Waals surface area contributed by atoms with Crippen molar-refractivity contribution in [2.75, 3.05) is 0 Å². The molecule has 1 aromatic carbocycles. The Morgan fingerprint density at radius 3 is 2.15 bits per heavy atom. The fourth-order valence-corrected chi connectivity index (χ4v) is 6.22. The summed E-state index contributed by atoms with van der Waals surface area (Å²) in [5, 5.41) is 21.9. The highest BCUT2D eigenvalue weighted by Gasteiger charge is 2.58. The molecule has 152 valence electrons. The molecule has 3 fully saturated rings. The highest BCUT2D eigenvalue weighted by Crippen LogP contribution is 2.67. The van der Waals surface area contributed by atoms with Gasteiger partial charge in [0.15, 0.2) is 0 Å². The molecule has 3 aliphatic rings. The van der Waals surface area contributed by atoms with Gasteiger partial charge >= 0.3 is 0 Å². The molecule has 0 radical (unpaired) electrons. The molecule has 2 N–H and O–H groups in total. The third-order valence-electron chi connectivity index (χ3n) is 8.16. The topological polar surface area (TPSA) is 40.5 Å². The highest BCUT2D eigenvalue weighted by atomic mass is 16.3. The summed E-state index contributed by atoms with van der Waals surface area (Å²) in [4.78, 5) is 0. The van der Waals surface area contributed by atoms with Crippen molar-refractivity contribution in [2.24, 2.45) is 23.2 Å². The maximum Gasteiger partial charge on any atom is 0.123 e. The highest BCUT2D eigenvalue weighted by molar-refractivity contribution is 5.51. The molecule has 0 heterocycles. The van der Waals surface area contributed by atoms with Crippen molar-refractivity contribution in [3.63, 3.8) is 0 Å². The first-order valence-corrected chi connectivity index (χ1v) is 11.2. The molecule has 0 amide bonds. The van der Waals surface area contributed by atoms with Crippen LogP contribution in [-0.2, 0) is 5.41 Å². The second kappa shape index (κ2) is 7.33. The number of benzene rings is 1. The largest absolute Gasteiger partial charge is 0.508 e. The average Bonchev–Trinajstić information content (AvgIpc) is 2.57. The molecule has 0 aromatic heterocycles. The number of unbranched alkanes of at least 4 members (excludes halogenated alkanes) is 3. The lowest BCUT2D eigenvalue weighted by Gasteiger charge is -2.63. The first kappa shape index (κ1) is 20.6. The van der Waals surface area contributed by atoms with Gasteiger partial charge in [-0.1, -0.05) is 67.2 Å². The minimum Gasteiger partial charge on any atom is -0.508 e. The predicted octanol–water partition coefficient (Wildman–Crippen LogP) is 7.13. The van der Waals surface area contributed by atoms with Crippen LogP contribution in [0.3, 0.4) is 0 Å². The van der Waals surface area contributed by atoms with E-state index >= 15 is 0 Å². The average molecular weight is 373 g/mol. The summed E-state index contributed by atoms with van der Waals surface area (Å²) < 4.78 is 0. The summed E-state index contributed by atoms with van der Waals surface area (Å²) in [5.74, 6) is 2.92. The maximum atomic E-state index is 10.9. The molecule has 0 spiro atoms. The Labute approximate surface area is 166 Å². The first-order valence-electron chi connectivity index (χ1n) is 11.2. The number of aromatic hydroxyl groups is 2. The third-order valence-corrected chi connectivity index (χ3v) is 8.16. The quantitative estimate of drug-likeness (QED) is 0.500. The van der Waals surface area contributed by atoms with Crippen LogP contribution in [-0.4, -0.2) is 10.2 Å². The van der Waals surface area contributed by atoms with Crippen LogP contribution < -0.4 is 0 Å². The standard InChI is InChI=1S/C25H40O2/c1-7-8-9-10-11-24(3,4)17-13-21(26)23(22(27)14-17)18-12-16(2)19-15-20(18)25(19,5)6/h13-14,16,18-20,26-27H,7-12,15H2,1-6H3/t16?,18-,19?,20-/m0/s1. The van der Waals surface area contributed by atoms with Gasteiger partial charge in [0.1, 0.15) is 11.5 Å². The van der Waals surface area contributed by atoms with Crippen molar-refractivity contribution in [3.8, 4) is 11.5 Å². The summed E-state index contributed by atoms with van der Waals surface area (Å²) in [5.41, 5.74) is 2.16. The molecule has 2 unspecified atom stereocenters. The number of hydrogen-bond acceptors (Lipinski definition) is 2. The molecule has 4 atom stereocenters. The number of hydrogen-bond donors (Lipinski definition) is 2. The van der Waals surface area contributed by atoms with E-state index in [4.69, 9.17) is 0 Å². The van der Waals surface area contributed by atoms with Crippen molar-refractivity contribution in [2.45, 2.75) is 97.8 Å². The summed E-state index contributed by atoms with van der Waals surface area (Å²) in [6, 6.07) is 3.88. The fraction of sp³-hybridized carbons (Fsp3) is 0.760. The van der Waals surface area contributed by atoms with Crippen LogP contribution in [0.1, 0.15) is 104 Å². The minimum absolute atomic E-state index is 0.0259. The van der Waals surface area contributed by atoms with E-state index in [1.165, 1.54) is 32.1 Å². The zero-order valence-electron chi connectivity index (χ0n) is 18.3. The Kier molecular flexibility index (Phi) is 5.58. The van der Waals surface area contributed by atoms with Crippen LogP contribution in [0.2, 0.25) is 0 Å². The molecule has 3 aliphatic carbocycles. The van der Waals surface area contributed by atoms with Gasteiger partial charge in [-0.05, 0) is 71.5 Å². The van der Waals surface area contributed by atoms with Gasteiger partial charge in [0.05, 0.1) is 0 Å². The van der Waals surface area contributed by atoms with E-state index in [1.54, 1.807) is 0 Å². The van der Waals surface area contributed by atoms with Gasteiger partial charge in [-0.15, -0.1) is 0 Å². The van der Waals surface area contributed by atoms with E-state index in [0.29, 0.717) is 28.7 Å². The molecule has 27 heavy (non-hydrogen) atoms. The zero-order chi connectivity index (χ0) is 20.0. The molecule has 0 aliphatic heterocycles.